The van der Waals surface area contributed by atoms with Crippen LogP contribution in [0.4, 0.5) is 5.69 Å². The van der Waals surface area contributed by atoms with Crippen molar-refractivity contribution in [3.05, 3.63) is 24.3 Å². The van der Waals surface area contributed by atoms with Gasteiger partial charge in [-0.25, -0.2) is 0 Å². The van der Waals surface area contributed by atoms with E-state index in [1.54, 1.807) is 16.7 Å². The molecule has 0 aromatic heterocycles. The number of rotatable bonds is 5. The molecule has 0 bridgehead atoms. The minimum absolute atomic E-state index is 0.0730. The number of nitrogens with zero attached hydrogens (tertiary/aromatic N) is 1. The van der Waals surface area contributed by atoms with Crippen LogP contribution in [-0.2, 0) is 9.59 Å². The number of likely N-dealkylation sites (tertiary alicyclic amines) is 1. The maximum absolute atomic E-state index is 11.9. The van der Waals surface area contributed by atoms with Crippen LogP contribution < -0.4 is 5.32 Å². The summed E-state index contributed by atoms with van der Waals surface area (Å²) in [6, 6.07) is 7.80. The number of hydrogen-bond acceptors (Lipinski definition) is 3. The maximum atomic E-state index is 11.9. The predicted octanol–water partition coefficient (Wildman–Crippen LogP) is 2.75. The van der Waals surface area contributed by atoms with Crippen LogP contribution in [0, 0.1) is 0 Å². The van der Waals surface area contributed by atoms with Gasteiger partial charge in [0.05, 0.1) is 6.54 Å². The second-order valence-electron chi connectivity index (χ2n) is 5.16. The normalized spacial score (nSPS) is 14.9. The first-order chi connectivity index (χ1) is 9.54. The maximum Gasteiger partial charge on any atom is 0.243 e. The molecule has 1 N–H and O–H groups in total. The highest BCUT2D eigenvalue weighted by molar-refractivity contribution is 7.99. The van der Waals surface area contributed by atoms with Crippen LogP contribution in [0.2, 0.25) is 0 Å². The van der Waals surface area contributed by atoms with Gasteiger partial charge in [0.15, 0.2) is 0 Å². The molecule has 1 aromatic carbocycles. The molecule has 1 aliphatic heterocycles. The summed E-state index contributed by atoms with van der Waals surface area (Å²) in [5.41, 5.74) is 0.773. The lowest BCUT2D eigenvalue weighted by molar-refractivity contribution is -0.131. The number of thioether (sulfide) groups is 1. The van der Waals surface area contributed by atoms with Crippen LogP contribution in [0.3, 0.4) is 0 Å². The molecule has 0 aliphatic carbocycles. The molecule has 2 rings (SSSR count). The van der Waals surface area contributed by atoms with Gasteiger partial charge in [0.2, 0.25) is 11.8 Å². The Morgan fingerprint density at radius 1 is 1.35 bits per heavy atom. The summed E-state index contributed by atoms with van der Waals surface area (Å²) in [5.74, 6) is -0.0617. The SMILES string of the molecule is CC(C)Sc1ccc(NC(=O)CN2CCCC2=O)cc1. The van der Waals surface area contributed by atoms with Crippen LogP contribution >= 0.6 is 11.8 Å². The Morgan fingerprint density at radius 2 is 2.05 bits per heavy atom. The van der Waals surface area contributed by atoms with Gasteiger partial charge in [-0.1, -0.05) is 13.8 Å². The highest BCUT2D eigenvalue weighted by atomic mass is 32.2. The van der Waals surface area contributed by atoms with Gasteiger partial charge in [0.1, 0.15) is 0 Å². The Hall–Kier alpha value is -1.49. The molecule has 1 heterocycles. The molecule has 0 unspecified atom stereocenters. The lowest BCUT2D eigenvalue weighted by atomic mass is 10.3. The molecule has 20 heavy (non-hydrogen) atoms. The largest absolute Gasteiger partial charge is 0.333 e. The molecule has 108 valence electrons. The summed E-state index contributed by atoms with van der Waals surface area (Å²) in [5, 5.41) is 3.37. The molecule has 4 nitrogen and oxygen atoms in total. The number of nitrogens with one attached hydrogen (secondary N) is 1. The highest BCUT2D eigenvalue weighted by Gasteiger charge is 2.22. The Morgan fingerprint density at radius 3 is 2.60 bits per heavy atom. The van der Waals surface area contributed by atoms with E-state index in [0.717, 1.165) is 12.1 Å². The number of carbonyl (C=O) groups is 2. The van der Waals surface area contributed by atoms with Gasteiger partial charge in [-0.3, -0.25) is 9.59 Å². The van der Waals surface area contributed by atoms with E-state index in [4.69, 9.17) is 0 Å². The zero-order chi connectivity index (χ0) is 14.5. The van der Waals surface area contributed by atoms with E-state index < -0.39 is 0 Å². The van der Waals surface area contributed by atoms with Gasteiger partial charge in [-0.15, -0.1) is 11.8 Å². The van der Waals surface area contributed by atoms with E-state index in [1.807, 2.05) is 24.3 Å². The minimum Gasteiger partial charge on any atom is -0.333 e. The number of benzene rings is 1. The highest BCUT2D eigenvalue weighted by Crippen LogP contribution is 2.24. The first-order valence-corrected chi connectivity index (χ1v) is 7.77. The molecule has 1 aromatic rings. The lowest BCUT2D eigenvalue weighted by Gasteiger charge is -2.15. The zero-order valence-corrected chi connectivity index (χ0v) is 12.7. The summed E-state index contributed by atoms with van der Waals surface area (Å²) in [7, 11) is 0. The summed E-state index contributed by atoms with van der Waals surface area (Å²) in [6.07, 6.45) is 1.42. The van der Waals surface area contributed by atoms with Crippen LogP contribution in [0.1, 0.15) is 26.7 Å². The Bertz CT molecular complexity index is 485. The molecule has 1 aliphatic rings. The number of amides is 2. The standard InChI is InChI=1S/C15H20N2O2S/c1-11(2)20-13-7-5-12(6-8-13)16-14(18)10-17-9-3-4-15(17)19/h5-8,11H,3-4,9-10H2,1-2H3,(H,16,18). The van der Waals surface area contributed by atoms with Gasteiger partial charge >= 0.3 is 0 Å². The monoisotopic (exact) mass is 292 g/mol. The molecule has 0 atom stereocenters. The minimum atomic E-state index is -0.135. The van der Waals surface area contributed by atoms with Gasteiger partial charge in [-0.05, 0) is 30.7 Å². The van der Waals surface area contributed by atoms with E-state index in [9.17, 15) is 9.59 Å². The van der Waals surface area contributed by atoms with Gasteiger partial charge in [0.25, 0.3) is 0 Å². The van der Waals surface area contributed by atoms with Gasteiger partial charge < -0.3 is 10.2 Å². The Balaban J connectivity index is 1.86. The van der Waals surface area contributed by atoms with Crippen molar-refractivity contribution in [2.75, 3.05) is 18.4 Å². The first-order valence-electron chi connectivity index (χ1n) is 6.89. The van der Waals surface area contributed by atoms with Crippen molar-refractivity contribution in [3.8, 4) is 0 Å². The van der Waals surface area contributed by atoms with Crippen molar-refractivity contribution in [2.24, 2.45) is 0 Å². The molecule has 0 spiro atoms. The third-order valence-electron chi connectivity index (χ3n) is 3.02. The number of carbonyl (C=O) groups excluding carboxylic acids is 2. The van der Waals surface area contributed by atoms with Crippen LogP contribution in [0.15, 0.2) is 29.2 Å². The summed E-state index contributed by atoms with van der Waals surface area (Å²) in [6.45, 7) is 5.14. The third kappa shape index (κ3) is 4.27. The van der Waals surface area contributed by atoms with Crippen LogP contribution in [0.5, 0.6) is 0 Å². The van der Waals surface area contributed by atoms with E-state index in [2.05, 4.69) is 19.2 Å². The molecule has 1 saturated heterocycles. The first kappa shape index (κ1) is 14.9. The van der Waals surface area contributed by atoms with E-state index in [0.29, 0.717) is 18.2 Å². The fraction of sp³-hybridized carbons (Fsp3) is 0.467. The smallest absolute Gasteiger partial charge is 0.243 e. The molecule has 0 radical (unpaired) electrons. The van der Waals surface area contributed by atoms with Gasteiger partial charge in [-0.2, -0.15) is 0 Å². The summed E-state index contributed by atoms with van der Waals surface area (Å²) in [4.78, 5) is 26.1. The van der Waals surface area contributed by atoms with E-state index in [1.165, 1.54) is 4.90 Å². The predicted molar refractivity (Wildman–Crippen MR) is 81.9 cm³/mol. The summed E-state index contributed by atoms with van der Waals surface area (Å²) >= 11 is 1.79. The van der Waals surface area contributed by atoms with Gasteiger partial charge in [0, 0.05) is 28.8 Å². The molecule has 0 saturated carbocycles. The molecule has 5 heteroatoms. The second-order valence-corrected chi connectivity index (χ2v) is 6.81. The lowest BCUT2D eigenvalue weighted by Crippen LogP contribution is -2.33. The quantitative estimate of drug-likeness (QED) is 0.849. The van der Waals surface area contributed by atoms with Crippen molar-refractivity contribution in [1.29, 1.82) is 0 Å². The topological polar surface area (TPSA) is 49.4 Å². The van der Waals surface area contributed by atoms with Crippen molar-refractivity contribution >= 4 is 29.3 Å². The van der Waals surface area contributed by atoms with Crippen molar-refractivity contribution in [2.45, 2.75) is 36.8 Å². The van der Waals surface area contributed by atoms with Crippen molar-refractivity contribution in [1.82, 2.24) is 4.90 Å². The average molecular weight is 292 g/mol. The Labute approximate surface area is 123 Å². The zero-order valence-electron chi connectivity index (χ0n) is 11.9. The number of anilines is 1. The Kier molecular flexibility index (Phi) is 5.06. The number of hydrogen-bond donors (Lipinski definition) is 1. The van der Waals surface area contributed by atoms with E-state index in [-0.39, 0.29) is 18.4 Å². The fourth-order valence-electron chi connectivity index (χ4n) is 2.13. The third-order valence-corrected chi connectivity index (χ3v) is 4.03. The second kappa shape index (κ2) is 6.79. The van der Waals surface area contributed by atoms with Crippen LogP contribution in [0.25, 0.3) is 0 Å². The fourth-order valence-corrected chi connectivity index (χ4v) is 2.97. The molecule has 1 fully saturated rings. The van der Waals surface area contributed by atoms with Crippen LogP contribution in [-0.4, -0.2) is 35.1 Å². The summed E-state index contributed by atoms with van der Waals surface area (Å²) < 4.78 is 0. The molecule has 2 amide bonds. The van der Waals surface area contributed by atoms with Crippen molar-refractivity contribution in [3.63, 3.8) is 0 Å². The van der Waals surface area contributed by atoms with Crippen molar-refractivity contribution < 1.29 is 9.59 Å². The molecular formula is C15H20N2O2S. The molecular weight excluding hydrogens is 272 g/mol. The average Bonchev–Trinajstić information content (AvgIpc) is 2.77. The van der Waals surface area contributed by atoms with E-state index >= 15 is 0 Å².